The van der Waals surface area contributed by atoms with Crippen molar-refractivity contribution in [3.63, 3.8) is 0 Å². The molecule has 1 aliphatic heterocycles. The number of para-hydroxylation sites is 1. The third-order valence-corrected chi connectivity index (χ3v) is 4.95. The van der Waals surface area contributed by atoms with Crippen LogP contribution in [0.1, 0.15) is 81.7 Å². The summed E-state index contributed by atoms with van der Waals surface area (Å²) >= 11 is 0. The minimum atomic E-state index is -0.441. The van der Waals surface area contributed by atoms with Gasteiger partial charge in [-0.15, -0.1) is 0 Å². The quantitative estimate of drug-likeness (QED) is 0.831. The lowest BCUT2D eigenvalue weighted by Crippen LogP contribution is -2.32. The van der Waals surface area contributed by atoms with E-state index in [1.54, 1.807) is 18.2 Å². The molecule has 3 rings (SSSR count). The van der Waals surface area contributed by atoms with Gasteiger partial charge in [0, 0.05) is 7.05 Å². The highest BCUT2D eigenvalue weighted by Crippen LogP contribution is 2.40. The van der Waals surface area contributed by atoms with Gasteiger partial charge in [0.1, 0.15) is 0 Å². The Labute approximate surface area is 159 Å². The fraction of sp³-hybridized carbons (Fsp3) is 0.318. The average Bonchev–Trinajstić information content (AvgIpc) is 2.90. The molecule has 5 heteroatoms. The fourth-order valence-electron chi connectivity index (χ4n) is 3.58. The number of hydrogen-bond donors (Lipinski definition) is 1. The van der Waals surface area contributed by atoms with Gasteiger partial charge in [0.25, 0.3) is 17.7 Å². The molecule has 5 nitrogen and oxygen atoms in total. The summed E-state index contributed by atoms with van der Waals surface area (Å²) in [6.45, 7) is 8.16. The topological polar surface area (TPSA) is 66.5 Å². The van der Waals surface area contributed by atoms with Crippen LogP contribution < -0.4 is 10.2 Å². The van der Waals surface area contributed by atoms with Crippen LogP contribution in [0.15, 0.2) is 36.4 Å². The second kappa shape index (κ2) is 6.99. The normalized spacial score (nSPS) is 13.5. The predicted molar refractivity (Wildman–Crippen MR) is 106 cm³/mol. The number of amides is 3. The van der Waals surface area contributed by atoms with Gasteiger partial charge >= 0.3 is 0 Å². The van der Waals surface area contributed by atoms with E-state index in [0.717, 1.165) is 11.1 Å². The molecule has 0 spiro atoms. The number of anilines is 1. The van der Waals surface area contributed by atoms with Crippen molar-refractivity contribution >= 4 is 23.4 Å². The molecule has 0 atom stereocenters. The first-order valence-electron chi connectivity index (χ1n) is 9.16. The van der Waals surface area contributed by atoms with Gasteiger partial charge in [-0.05, 0) is 35.1 Å². The first-order valence-corrected chi connectivity index (χ1v) is 9.16. The van der Waals surface area contributed by atoms with Crippen molar-refractivity contribution < 1.29 is 14.4 Å². The standard InChI is InChI=1S/C22H24N2O3/c1-12(2)14-8-6-9-15(13(3)4)19(14)24-21(26)17-11-7-10-16(20(25)23-5)18(17)22(24)27/h6-13H,1-5H3,(H,23,25). The van der Waals surface area contributed by atoms with Crippen LogP contribution >= 0.6 is 0 Å². The first-order chi connectivity index (χ1) is 12.8. The van der Waals surface area contributed by atoms with Gasteiger partial charge in [-0.25, -0.2) is 4.90 Å². The molecule has 1 aliphatic rings. The lowest BCUT2D eigenvalue weighted by molar-refractivity contribution is 0.0912. The summed E-state index contributed by atoms with van der Waals surface area (Å²) in [5.74, 6) is -0.918. The number of fused-ring (bicyclic) bond motifs is 1. The zero-order valence-corrected chi connectivity index (χ0v) is 16.3. The average molecular weight is 364 g/mol. The van der Waals surface area contributed by atoms with Crippen molar-refractivity contribution in [3.05, 3.63) is 64.2 Å². The van der Waals surface area contributed by atoms with Crippen molar-refractivity contribution in [1.82, 2.24) is 5.32 Å². The van der Waals surface area contributed by atoms with E-state index in [1.165, 1.54) is 11.9 Å². The van der Waals surface area contributed by atoms with E-state index in [-0.39, 0.29) is 40.3 Å². The molecule has 1 heterocycles. The third-order valence-electron chi connectivity index (χ3n) is 4.95. The number of nitrogens with one attached hydrogen (secondary N) is 1. The van der Waals surface area contributed by atoms with Crippen molar-refractivity contribution in [2.75, 3.05) is 11.9 Å². The summed E-state index contributed by atoms with van der Waals surface area (Å²) in [7, 11) is 1.51. The molecule has 2 aromatic rings. The van der Waals surface area contributed by atoms with E-state index in [2.05, 4.69) is 5.32 Å². The summed E-state index contributed by atoms with van der Waals surface area (Å²) in [5, 5.41) is 2.54. The summed E-state index contributed by atoms with van der Waals surface area (Å²) in [6, 6.07) is 10.7. The Morgan fingerprint density at radius 3 is 1.96 bits per heavy atom. The molecule has 0 fully saturated rings. The second-order valence-corrected chi connectivity index (χ2v) is 7.35. The molecule has 0 aromatic heterocycles. The molecule has 0 unspecified atom stereocenters. The van der Waals surface area contributed by atoms with Crippen molar-refractivity contribution in [2.24, 2.45) is 0 Å². The Bertz CT molecular complexity index is 918. The molecule has 27 heavy (non-hydrogen) atoms. The molecule has 0 saturated carbocycles. The summed E-state index contributed by atoms with van der Waals surface area (Å²) in [6.07, 6.45) is 0. The summed E-state index contributed by atoms with van der Waals surface area (Å²) in [4.78, 5) is 40.0. The molecule has 1 N–H and O–H groups in total. The molecular formula is C22H24N2O3. The molecule has 140 valence electrons. The van der Waals surface area contributed by atoms with E-state index in [9.17, 15) is 14.4 Å². The molecule has 0 aliphatic carbocycles. The molecule has 2 aromatic carbocycles. The minimum Gasteiger partial charge on any atom is -0.355 e. The minimum absolute atomic E-state index is 0.140. The van der Waals surface area contributed by atoms with E-state index in [1.807, 2.05) is 45.9 Å². The van der Waals surface area contributed by atoms with Crippen LogP contribution in [-0.2, 0) is 0 Å². The summed E-state index contributed by atoms with van der Waals surface area (Å²) in [5.41, 5.74) is 3.21. The SMILES string of the molecule is CNC(=O)c1cccc2c1C(=O)N(c1c(C(C)C)cccc1C(C)C)C2=O. The molecule has 0 radical (unpaired) electrons. The van der Waals surface area contributed by atoms with Crippen LogP contribution in [0.3, 0.4) is 0 Å². The van der Waals surface area contributed by atoms with Crippen LogP contribution in [0.2, 0.25) is 0 Å². The highest BCUT2D eigenvalue weighted by Gasteiger charge is 2.41. The van der Waals surface area contributed by atoms with E-state index in [4.69, 9.17) is 0 Å². The van der Waals surface area contributed by atoms with Gasteiger partial charge in [-0.3, -0.25) is 14.4 Å². The number of benzene rings is 2. The van der Waals surface area contributed by atoms with Gasteiger partial charge in [-0.1, -0.05) is 52.0 Å². The van der Waals surface area contributed by atoms with Crippen LogP contribution in [-0.4, -0.2) is 24.8 Å². The predicted octanol–water partition coefficient (Wildman–Crippen LogP) is 4.09. The van der Waals surface area contributed by atoms with Crippen LogP contribution in [0, 0.1) is 0 Å². The van der Waals surface area contributed by atoms with E-state index < -0.39 is 5.91 Å². The number of rotatable bonds is 4. The lowest BCUT2D eigenvalue weighted by Gasteiger charge is -2.25. The monoisotopic (exact) mass is 364 g/mol. The number of hydrogen-bond acceptors (Lipinski definition) is 3. The summed E-state index contributed by atoms with van der Waals surface area (Å²) < 4.78 is 0. The van der Waals surface area contributed by atoms with Crippen molar-refractivity contribution in [3.8, 4) is 0 Å². The fourth-order valence-corrected chi connectivity index (χ4v) is 3.58. The van der Waals surface area contributed by atoms with Gasteiger partial charge in [-0.2, -0.15) is 0 Å². The lowest BCUT2D eigenvalue weighted by atomic mass is 9.92. The Hall–Kier alpha value is -2.95. The Balaban J connectivity index is 2.26. The maximum Gasteiger partial charge on any atom is 0.266 e. The van der Waals surface area contributed by atoms with E-state index >= 15 is 0 Å². The van der Waals surface area contributed by atoms with Crippen LogP contribution in [0.5, 0.6) is 0 Å². The largest absolute Gasteiger partial charge is 0.355 e. The van der Waals surface area contributed by atoms with Gasteiger partial charge in [0.05, 0.1) is 22.4 Å². The number of carbonyl (C=O) groups excluding carboxylic acids is 3. The van der Waals surface area contributed by atoms with E-state index in [0.29, 0.717) is 5.69 Å². The third kappa shape index (κ3) is 2.93. The highest BCUT2D eigenvalue weighted by atomic mass is 16.2. The maximum atomic E-state index is 13.3. The molecule has 0 saturated heterocycles. The zero-order chi connectivity index (χ0) is 19.9. The Kier molecular flexibility index (Phi) is 4.87. The molecule has 3 amide bonds. The van der Waals surface area contributed by atoms with Crippen LogP contribution in [0.4, 0.5) is 5.69 Å². The molecule has 0 bridgehead atoms. The van der Waals surface area contributed by atoms with Gasteiger partial charge in [0.2, 0.25) is 0 Å². The zero-order valence-electron chi connectivity index (χ0n) is 16.3. The van der Waals surface area contributed by atoms with Crippen molar-refractivity contribution in [1.29, 1.82) is 0 Å². The Morgan fingerprint density at radius 2 is 1.44 bits per heavy atom. The highest BCUT2D eigenvalue weighted by molar-refractivity contribution is 6.36. The second-order valence-electron chi connectivity index (χ2n) is 7.35. The maximum absolute atomic E-state index is 13.3. The number of imide groups is 1. The number of carbonyl (C=O) groups is 3. The number of nitrogens with zero attached hydrogens (tertiary/aromatic N) is 1. The van der Waals surface area contributed by atoms with Crippen LogP contribution in [0.25, 0.3) is 0 Å². The Morgan fingerprint density at radius 1 is 0.889 bits per heavy atom. The molecular weight excluding hydrogens is 340 g/mol. The first kappa shape index (κ1) is 18.8. The van der Waals surface area contributed by atoms with Gasteiger partial charge in [0.15, 0.2) is 0 Å². The van der Waals surface area contributed by atoms with Gasteiger partial charge < -0.3 is 5.32 Å². The smallest absolute Gasteiger partial charge is 0.266 e. The van der Waals surface area contributed by atoms with Crippen molar-refractivity contribution in [2.45, 2.75) is 39.5 Å².